The third kappa shape index (κ3) is 9.38. The number of nitrogens with one attached hydrogen (secondary N) is 1. The van der Waals surface area contributed by atoms with Gasteiger partial charge < -0.3 is 14.8 Å². The van der Waals surface area contributed by atoms with Gasteiger partial charge in [-0.3, -0.25) is 4.79 Å². The summed E-state index contributed by atoms with van der Waals surface area (Å²) in [6.07, 6.45) is -1.76. The van der Waals surface area contributed by atoms with Crippen LogP contribution in [0.5, 0.6) is 0 Å². The van der Waals surface area contributed by atoms with Gasteiger partial charge >= 0.3 is 18.2 Å². The SMILES string of the molecule is C=CCCCCc1cc(C)cc(C)c1-c1cc([C@H](CC(=O)OCC)NC(=O)OC(C)(C)C)c(F)c(C(F)(F)F)c1. The lowest BCUT2D eigenvalue weighted by Gasteiger charge is -2.25. The van der Waals surface area contributed by atoms with Gasteiger partial charge in [0, 0.05) is 5.56 Å². The molecule has 2 rings (SSSR count). The highest BCUT2D eigenvalue weighted by Crippen LogP contribution is 2.40. The maximum Gasteiger partial charge on any atom is 0.419 e. The van der Waals surface area contributed by atoms with Crippen molar-refractivity contribution in [3.8, 4) is 11.1 Å². The summed E-state index contributed by atoms with van der Waals surface area (Å²) in [4.78, 5) is 25.0. The van der Waals surface area contributed by atoms with Crippen LogP contribution in [0.4, 0.5) is 22.4 Å². The lowest BCUT2D eigenvalue weighted by Crippen LogP contribution is -2.36. The van der Waals surface area contributed by atoms with E-state index in [1.165, 1.54) is 6.07 Å². The molecule has 1 atom stereocenters. The zero-order valence-electron chi connectivity index (χ0n) is 24.1. The minimum Gasteiger partial charge on any atom is -0.466 e. The molecule has 0 saturated carbocycles. The molecule has 0 saturated heterocycles. The van der Waals surface area contributed by atoms with Crippen molar-refractivity contribution in [2.75, 3.05) is 6.61 Å². The van der Waals surface area contributed by atoms with Crippen molar-refractivity contribution < 1.29 is 36.6 Å². The molecule has 1 N–H and O–H groups in total. The first kappa shape index (κ1) is 32.8. The van der Waals surface area contributed by atoms with Gasteiger partial charge in [0.25, 0.3) is 0 Å². The molecule has 0 aromatic heterocycles. The number of ether oxygens (including phenoxy) is 2. The number of unbranched alkanes of at least 4 members (excludes halogenated alkanes) is 2. The molecule has 0 unspecified atom stereocenters. The molecular formula is C31H39F4NO4. The van der Waals surface area contributed by atoms with Crippen LogP contribution in [0.2, 0.25) is 0 Å². The predicted molar refractivity (Wildman–Crippen MR) is 147 cm³/mol. The Morgan fingerprint density at radius 1 is 1.07 bits per heavy atom. The lowest BCUT2D eigenvalue weighted by atomic mass is 9.87. The van der Waals surface area contributed by atoms with E-state index in [4.69, 9.17) is 9.47 Å². The van der Waals surface area contributed by atoms with Crippen LogP contribution in [0.15, 0.2) is 36.9 Å². The molecule has 0 spiro atoms. The first-order valence-corrected chi connectivity index (χ1v) is 13.3. The third-order valence-corrected chi connectivity index (χ3v) is 6.10. The Morgan fingerprint density at radius 3 is 2.33 bits per heavy atom. The van der Waals surface area contributed by atoms with Crippen LogP contribution in [-0.2, 0) is 26.9 Å². The van der Waals surface area contributed by atoms with Crippen LogP contribution in [0, 0.1) is 19.7 Å². The highest BCUT2D eigenvalue weighted by molar-refractivity contribution is 5.76. The van der Waals surface area contributed by atoms with Crippen LogP contribution in [-0.4, -0.2) is 24.3 Å². The molecule has 0 aliphatic rings. The number of halogens is 4. The average Bonchev–Trinajstić information content (AvgIpc) is 2.80. The zero-order chi connectivity index (χ0) is 30.3. The van der Waals surface area contributed by atoms with Crippen molar-refractivity contribution in [2.24, 2.45) is 0 Å². The van der Waals surface area contributed by atoms with Crippen LogP contribution in [0.1, 0.15) is 87.2 Å². The van der Waals surface area contributed by atoms with Gasteiger partial charge in [0.15, 0.2) is 0 Å². The van der Waals surface area contributed by atoms with Gasteiger partial charge in [-0.15, -0.1) is 6.58 Å². The molecule has 0 radical (unpaired) electrons. The summed E-state index contributed by atoms with van der Waals surface area (Å²) < 4.78 is 68.3. The van der Waals surface area contributed by atoms with Crippen molar-refractivity contribution in [2.45, 2.75) is 91.5 Å². The second-order valence-electron chi connectivity index (χ2n) is 10.8. The second-order valence-corrected chi connectivity index (χ2v) is 10.8. The number of carbonyl (C=O) groups is 2. The summed E-state index contributed by atoms with van der Waals surface area (Å²) in [5.74, 6) is -2.38. The van der Waals surface area contributed by atoms with Gasteiger partial charge in [-0.05, 0) is 102 Å². The Hall–Kier alpha value is -3.36. The molecule has 1 amide bonds. The molecule has 0 heterocycles. The van der Waals surface area contributed by atoms with Crippen LogP contribution < -0.4 is 5.32 Å². The van der Waals surface area contributed by atoms with Crippen LogP contribution in [0.3, 0.4) is 0 Å². The van der Waals surface area contributed by atoms with Crippen molar-refractivity contribution in [3.05, 3.63) is 70.6 Å². The summed E-state index contributed by atoms with van der Waals surface area (Å²) in [6.45, 7) is 13.8. The highest BCUT2D eigenvalue weighted by atomic mass is 19.4. The number of hydrogen-bond donors (Lipinski definition) is 1. The minimum absolute atomic E-state index is 0.00604. The fraction of sp³-hybridized carbons (Fsp3) is 0.484. The quantitative estimate of drug-likeness (QED) is 0.128. The molecule has 40 heavy (non-hydrogen) atoms. The summed E-state index contributed by atoms with van der Waals surface area (Å²) >= 11 is 0. The molecule has 0 bridgehead atoms. The Kier molecular flexibility index (Phi) is 11.3. The lowest BCUT2D eigenvalue weighted by molar-refractivity contribution is -0.143. The first-order chi connectivity index (χ1) is 18.6. The summed E-state index contributed by atoms with van der Waals surface area (Å²) in [7, 11) is 0. The fourth-order valence-corrected chi connectivity index (χ4v) is 4.60. The van der Waals surface area contributed by atoms with E-state index in [0.29, 0.717) is 12.0 Å². The summed E-state index contributed by atoms with van der Waals surface area (Å²) in [5.41, 5.74) is 0.294. The Morgan fingerprint density at radius 2 is 1.75 bits per heavy atom. The van der Waals surface area contributed by atoms with E-state index in [1.54, 1.807) is 34.6 Å². The molecule has 0 aliphatic heterocycles. The van der Waals surface area contributed by atoms with Gasteiger partial charge in [-0.2, -0.15) is 13.2 Å². The number of esters is 1. The second kappa shape index (κ2) is 13.8. The first-order valence-electron chi connectivity index (χ1n) is 13.3. The number of benzene rings is 2. The van der Waals surface area contributed by atoms with Crippen molar-refractivity contribution >= 4 is 12.1 Å². The Balaban J connectivity index is 2.76. The van der Waals surface area contributed by atoms with Crippen LogP contribution in [0.25, 0.3) is 11.1 Å². The van der Waals surface area contributed by atoms with Crippen LogP contribution >= 0.6 is 0 Å². The standard InChI is InChI=1S/C31H39F4NO4/c1-8-10-11-12-13-21-15-19(3)14-20(4)27(21)22-16-23(28(32)24(17-22)31(33,34)35)25(18-26(37)39-9-2)36-29(38)40-30(5,6)7/h8,14-17,25H,1,9-13,18H2,2-7H3,(H,36,38)/t25-/m0/s1. The van der Waals surface area contributed by atoms with E-state index in [1.807, 2.05) is 25.1 Å². The normalized spacial score (nSPS) is 12.6. The van der Waals surface area contributed by atoms with E-state index < -0.39 is 53.2 Å². The number of hydrogen-bond acceptors (Lipinski definition) is 4. The monoisotopic (exact) mass is 565 g/mol. The summed E-state index contributed by atoms with van der Waals surface area (Å²) in [6, 6.07) is 4.36. The molecule has 220 valence electrons. The van der Waals surface area contributed by atoms with Gasteiger partial charge in [0.1, 0.15) is 11.4 Å². The zero-order valence-corrected chi connectivity index (χ0v) is 24.1. The Labute approximate surface area is 233 Å². The number of amides is 1. The van der Waals surface area contributed by atoms with E-state index in [-0.39, 0.29) is 12.2 Å². The maximum absolute atomic E-state index is 15.6. The smallest absolute Gasteiger partial charge is 0.419 e. The van der Waals surface area contributed by atoms with Gasteiger partial charge in [-0.1, -0.05) is 23.8 Å². The van der Waals surface area contributed by atoms with Gasteiger partial charge in [-0.25, -0.2) is 9.18 Å². The molecule has 0 aliphatic carbocycles. The number of aryl methyl sites for hydroxylation is 3. The van der Waals surface area contributed by atoms with Crippen molar-refractivity contribution in [1.82, 2.24) is 5.32 Å². The largest absolute Gasteiger partial charge is 0.466 e. The molecule has 2 aromatic rings. The summed E-state index contributed by atoms with van der Waals surface area (Å²) in [5, 5.41) is 2.39. The number of alkyl carbamates (subject to hydrolysis) is 1. The highest BCUT2D eigenvalue weighted by Gasteiger charge is 2.38. The number of rotatable bonds is 11. The third-order valence-electron chi connectivity index (χ3n) is 6.10. The topological polar surface area (TPSA) is 64.6 Å². The Bertz CT molecular complexity index is 1220. The van der Waals surface area contributed by atoms with E-state index in [2.05, 4.69) is 11.9 Å². The van der Waals surface area contributed by atoms with E-state index in [9.17, 15) is 22.8 Å². The van der Waals surface area contributed by atoms with E-state index in [0.717, 1.165) is 42.0 Å². The molecule has 5 nitrogen and oxygen atoms in total. The predicted octanol–water partition coefficient (Wildman–Crippen LogP) is 8.55. The maximum atomic E-state index is 15.6. The fourth-order valence-electron chi connectivity index (χ4n) is 4.60. The van der Waals surface area contributed by atoms with Crippen molar-refractivity contribution in [1.29, 1.82) is 0 Å². The minimum atomic E-state index is -5.03. The number of carbonyl (C=O) groups excluding carboxylic acids is 2. The van der Waals surface area contributed by atoms with Gasteiger partial charge in [0.2, 0.25) is 0 Å². The molecule has 0 fully saturated rings. The van der Waals surface area contributed by atoms with Gasteiger partial charge in [0.05, 0.1) is 24.6 Å². The number of allylic oxidation sites excluding steroid dienone is 1. The molecular weight excluding hydrogens is 526 g/mol. The van der Waals surface area contributed by atoms with E-state index >= 15 is 4.39 Å². The average molecular weight is 566 g/mol. The number of alkyl halides is 3. The van der Waals surface area contributed by atoms with Crippen molar-refractivity contribution in [3.63, 3.8) is 0 Å². The molecule has 2 aromatic carbocycles. The molecule has 9 heteroatoms.